The van der Waals surface area contributed by atoms with Crippen LogP contribution in [0.15, 0.2) is 35.6 Å². The number of amidine groups is 1. The van der Waals surface area contributed by atoms with Gasteiger partial charge in [0, 0.05) is 18.8 Å². The van der Waals surface area contributed by atoms with E-state index in [4.69, 9.17) is 22.1 Å². The van der Waals surface area contributed by atoms with E-state index in [1.54, 1.807) is 37.5 Å². The van der Waals surface area contributed by atoms with Crippen molar-refractivity contribution in [3.63, 3.8) is 0 Å². The van der Waals surface area contributed by atoms with Crippen molar-refractivity contribution in [2.45, 2.75) is 64.8 Å². The third-order valence-corrected chi connectivity index (χ3v) is 4.86. The van der Waals surface area contributed by atoms with Crippen LogP contribution in [0.2, 0.25) is 0 Å². The Balaban J connectivity index is 1.68. The number of carbonyl (C=O) groups excluding carboxylic acids is 1. The molecule has 2 aromatic rings. The van der Waals surface area contributed by atoms with Gasteiger partial charge < -0.3 is 20.4 Å². The molecule has 1 unspecified atom stereocenters. The second kappa shape index (κ2) is 11.1. The lowest BCUT2D eigenvalue weighted by atomic mass is 9.99. The van der Waals surface area contributed by atoms with Crippen LogP contribution < -0.4 is 11.1 Å². The van der Waals surface area contributed by atoms with Crippen LogP contribution in [0.1, 0.15) is 56.1 Å². The Labute approximate surface area is 187 Å². The van der Waals surface area contributed by atoms with E-state index in [1.807, 2.05) is 11.5 Å². The number of amides is 1. The van der Waals surface area contributed by atoms with Crippen LogP contribution in [0.4, 0.5) is 9.18 Å². The summed E-state index contributed by atoms with van der Waals surface area (Å²) in [5.74, 6) is 0.321. The summed E-state index contributed by atoms with van der Waals surface area (Å²) >= 11 is 5.84. The normalized spacial score (nSPS) is 13.2. The van der Waals surface area contributed by atoms with Crippen molar-refractivity contribution >= 4 is 23.5 Å². The molecule has 1 heterocycles. The maximum Gasteiger partial charge on any atom is 0.407 e. The average Bonchev–Trinajstić information content (AvgIpc) is 3.06. The number of alkyl halides is 2. The number of halogens is 2. The number of hydrogen-bond acceptors (Lipinski definition) is 4. The van der Waals surface area contributed by atoms with E-state index in [-0.39, 0.29) is 0 Å². The van der Waals surface area contributed by atoms with Crippen molar-refractivity contribution in [2.24, 2.45) is 10.7 Å². The highest BCUT2D eigenvalue weighted by Crippen LogP contribution is 2.24. The van der Waals surface area contributed by atoms with E-state index in [1.165, 1.54) is 13.8 Å². The first-order chi connectivity index (χ1) is 14.6. The second-order valence-corrected chi connectivity index (χ2v) is 8.46. The van der Waals surface area contributed by atoms with Crippen molar-refractivity contribution in [1.29, 1.82) is 0 Å². The Kier molecular flexibility index (Phi) is 8.86. The fraction of sp³-hybridized carbons (Fsp3) is 0.500. The van der Waals surface area contributed by atoms with Gasteiger partial charge in [-0.2, -0.15) is 0 Å². The van der Waals surface area contributed by atoms with E-state index >= 15 is 0 Å². The molecular formula is C22H31ClFN5O2. The standard InChI is InChI=1S/C22H31ClFN5O2/c1-15-19(20(25)28-16(2)23)27-14-29(15)11-5-6-12-31-21(30)26-13-17-7-9-18(10-8-17)22(3,4)24/h7-10,14,16H,5-6,11-13H2,1-4H3,(H2,25,28)(H,26,30). The highest BCUT2D eigenvalue weighted by atomic mass is 35.5. The number of unbranched alkanes of at least 4 members (excludes halogenated alkanes) is 1. The number of hydrogen-bond donors (Lipinski definition) is 2. The minimum Gasteiger partial charge on any atom is -0.450 e. The maximum absolute atomic E-state index is 13.9. The highest BCUT2D eigenvalue weighted by molar-refractivity contribution is 6.21. The zero-order valence-corrected chi connectivity index (χ0v) is 19.2. The predicted molar refractivity (Wildman–Crippen MR) is 121 cm³/mol. The Morgan fingerprint density at radius 1 is 1.35 bits per heavy atom. The van der Waals surface area contributed by atoms with E-state index in [0.29, 0.717) is 36.7 Å². The smallest absolute Gasteiger partial charge is 0.407 e. The number of aliphatic imine (C=N–C) groups is 1. The fourth-order valence-corrected chi connectivity index (χ4v) is 3.07. The quantitative estimate of drug-likeness (QED) is 0.184. The Morgan fingerprint density at radius 3 is 2.65 bits per heavy atom. The summed E-state index contributed by atoms with van der Waals surface area (Å²) in [5, 5.41) is 2.70. The number of rotatable bonds is 10. The van der Waals surface area contributed by atoms with Crippen molar-refractivity contribution in [1.82, 2.24) is 14.9 Å². The van der Waals surface area contributed by atoms with Crippen molar-refractivity contribution in [2.75, 3.05) is 6.61 Å². The van der Waals surface area contributed by atoms with Gasteiger partial charge in [-0.1, -0.05) is 35.9 Å². The molecule has 1 aromatic heterocycles. The zero-order chi connectivity index (χ0) is 23.0. The summed E-state index contributed by atoms with van der Waals surface area (Å²) in [5.41, 5.74) is 7.16. The Morgan fingerprint density at radius 2 is 2.03 bits per heavy atom. The molecule has 2 rings (SSSR count). The molecule has 0 aliphatic rings. The fourth-order valence-electron chi connectivity index (χ4n) is 2.97. The van der Waals surface area contributed by atoms with Crippen LogP contribution in [-0.4, -0.2) is 33.6 Å². The van der Waals surface area contributed by atoms with Crippen LogP contribution in [0.5, 0.6) is 0 Å². The molecule has 31 heavy (non-hydrogen) atoms. The number of nitrogens with one attached hydrogen (secondary N) is 1. The highest BCUT2D eigenvalue weighted by Gasteiger charge is 2.18. The molecule has 0 fully saturated rings. The first-order valence-corrected chi connectivity index (χ1v) is 10.7. The maximum atomic E-state index is 13.9. The molecule has 0 saturated heterocycles. The third kappa shape index (κ3) is 7.86. The van der Waals surface area contributed by atoms with Crippen LogP contribution >= 0.6 is 11.6 Å². The first-order valence-electron chi connectivity index (χ1n) is 10.3. The summed E-state index contributed by atoms with van der Waals surface area (Å²) in [6.45, 7) is 8.05. The number of benzene rings is 1. The number of alkyl carbamates (subject to hydrolysis) is 1. The molecule has 0 bridgehead atoms. The zero-order valence-electron chi connectivity index (χ0n) is 18.5. The Bertz CT molecular complexity index is 888. The molecule has 0 saturated carbocycles. The van der Waals surface area contributed by atoms with Crippen molar-refractivity contribution < 1.29 is 13.9 Å². The number of aryl methyl sites for hydroxylation is 1. The van der Waals surface area contributed by atoms with Gasteiger partial charge in [-0.25, -0.2) is 19.2 Å². The number of carbonyl (C=O) groups is 1. The van der Waals surface area contributed by atoms with Crippen LogP contribution in [0.25, 0.3) is 0 Å². The van der Waals surface area contributed by atoms with E-state index in [9.17, 15) is 9.18 Å². The van der Waals surface area contributed by atoms with Crippen molar-refractivity contribution in [3.8, 4) is 0 Å². The first kappa shape index (κ1) is 24.7. The molecule has 3 N–H and O–H groups in total. The molecule has 0 aliphatic heterocycles. The minimum absolute atomic E-state index is 0.314. The van der Waals surface area contributed by atoms with E-state index < -0.39 is 17.3 Å². The van der Waals surface area contributed by atoms with Gasteiger partial charge in [-0.05, 0) is 51.7 Å². The molecule has 9 heteroatoms. The van der Waals surface area contributed by atoms with Crippen LogP contribution in [0, 0.1) is 6.92 Å². The summed E-state index contributed by atoms with van der Waals surface area (Å²) < 4.78 is 21.1. The second-order valence-electron chi connectivity index (χ2n) is 7.83. The molecule has 1 aromatic carbocycles. The van der Waals surface area contributed by atoms with Gasteiger partial charge in [0.25, 0.3) is 0 Å². The molecule has 7 nitrogen and oxygen atoms in total. The molecule has 0 aliphatic carbocycles. The largest absolute Gasteiger partial charge is 0.450 e. The van der Waals surface area contributed by atoms with Gasteiger partial charge in [0.2, 0.25) is 0 Å². The molecule has 0 radical (unpaired) electrons. The third-order valence-electron chi connectivity index (χ3n) is 4.76. The number of nitrogens with two attached hydrogens (primary N) is 1. The average molecular weight is 452 g/mol. The van der Waals surface area contributed by atoms with E-state index in [0.717, 1.165) is 24.2 Å². The van der Waals surface area contributed by atoms with Gasteiger partial charge in [-0.3, -0.25) is 0 Å². The molecule has 1 amide bonds. The summed E-state index contributed by atoms with van der Waals surface area (Å²) in [4.78, 5) is 20.3. The lowest BCUT2D eigenvalue weighted by molar-refractivity contribution is 0.143. The SMILES string of the molecule is Cc1c(C(N)=NC(C)Cl)ncn1CCCCOC(=O)NCc1ccc(C(C)(C)F)cc1. The monoisotopic (exact) mass is 451 g/mol. The van der Waals surface area contributed by atoms with Crippen LogP contribution in [0.3, 0.4) is 0 Å². The van der Waals surface area contributed by atoms with Gasteiger partial charge >= 0.3 is 6.09 Å². The predicted octanol–water partition coefficient (Wildman–Crippen LogP) is 4.39. The summed E-state index contributed by atoms with van der Waals surface area (Å²) in [6, 6.07) is 7.04. The number of nitrogens with zero attached hydrogens (tertiary/aromatic N) is 3. The molecule has 0 spiro atoms. The summed E-state index contributed by atoms with van der Waals surface area (Å²) in [7, 11) is 0. The summed E-state index contributed by atoms with van der Waals surface area (Å²) in [6.07, 6.45) is 2.76. The number of ether oxygens (including phenoxy) is 1. The van der Waals surface area contributed by atoms with Gasteiger partial charge in [0.05, 0.1) is 12.9 Å². The number of imidazole rings is 1. The lowest BCUT2D eigenvalue weighted by Gasteiger charge is -2.15. The topological polar surface area (TPSA) is 94.5 Å². The lowest BCUT2D eigenvalue weighted by Crippen LogP contribution is -2.24. The van der Waals surface area contributed by atoms with Crippen LogP contribution in [-0.2, 0) is 23.5 Å². The van der Waals surface area contributed by atoms with Gasteiger partial charge in [-0.15, -0.1) is 0 Å². The van der Waals surface area contributed by atoms with Crippen molar-refractivity contribution in [3.05, 3.63) is 53.1 Å². The number of aromatic nitrogens is 2. The van der Waals surface area contributed by atoms with Gasteiger partial charge in [0.15, 0.2) is 0 Å². The minimum atomic E-state index is -1.38. The van der Waals surface area contributed by atoms with E-state index in [2.05, 4.69) is 15.3 Å². The molecular weight excluding hydrogens is 421 g/mol. The molecule has 170 valence electrons. The Hall–Kier alpha value is -2.61. The molecule has 1 atom stereocenters. The van der Waals surface area contributed by atoms with Gasteiger partial charge in [0.1, 0.15) is 22.7 Å².